The second kappa shape index (κ2) is 6.91. The molecule has 1 aliphatic rings. The first-order valence-corrected chi connectivity index (χ1v) is 7.98. The van der Waals surface area contributed by atoms with Crippen LogP contribution in [0.2, 0.25) is 0 Å². The minimum absolute atomic E-state index is 0.0885. The maximum atomic E-state index is 5.59. The maximum absolute atomic E-state index is 5.59. The summed E-state index contributed by atoms with van der Waals surface area (Å²) in [6.07, 6.45) is 2.72. The van der Waals surface area contributed by atoms with Crippen LogP contribution in [-0.2, 0) is 11.4 Å². The highest BCUT2D eigenvalue weighted by Crippen LogP contribution is 2.18. The monoisotopic (exact) mass is 313 g/mol. The van der Waals surface area contributed by atoms with Crippen LogP contribution in [-0.4, -0.2) is 45.1 Å². The Balaban J connectivity index is 1.54. The van der Waals surface area contributed by atoms with Gasteiger partial charge in [-0.2, -0.15) is 0 Å². The molecule has 1 aromatic carbocycles. The number of rotatable bonds is 6. The summed E-state index contributed by atoms with van der Waals surface area (Å²) in [5, 5.41) is 12.5. The Bertz CT molecular complexity index is 665. The summed E-state index contributed by atoms with van der Waals surface area (Å²) in [6.45, 7) is 5.82. The van der Waals surface area contributed by atoms with Crippen LogP contribution < -0.4 is 0 Å². The summed E-state index contributed by atoms with van der Waals surface area (Å²) < 4.78 is 2.10. The molecule has 6 heteroatoms. The number of oxime groups is 1. The maximum Gasteiger partial charge on any atom is 0.147 e. The summed E-state index contributed by atoms with van der Waals surface area (Å²) in [5.41, 5.74) is 2.16. The van der Waals surface area contributed by atoms with Crippen LogP contribution in [0.25, 0.3) is 0 Å². The van der Waals surface area contributed by atoms with Gasteiger partial charge in [-0.3, -0.25) is 4.90 Å². The molecule has 0 saturated carbocycles. The molecule has 0 spiro atoms. The van der Waals surface area contributed by atoms with E-state index in [9.17, 15) is 0 Å². The van der Waals surface area contributed by atoms with E-state index in [1.807, 2.05) is 18.2 Å². The minimum Gasteiger partial charge on any atom is -0.390 e. The third-order valence-corrected chi connectivity index (χ3v) is 3.97. The molecular weight excluding hydrogens is 290 g/mol. The van der Waals surface area contributed by atoms with Gasteiger partial charge in [0.1, 0.15) is 18.3 Å². The molecule has 6 nitrogen and oxygen atoms in total. The first kappa shape index (κ1) is 15.7. The van der Waals surface area contributed by atoms with Gasteiger partial charge in [-0.25, -0.2) is 0 Å². The van der Waals surface area contributed by atoms with Crippen molar-refractivity contribution >= 4 is 5.71 Å². The van der Waals surface area contributed by atoms with Crippen LogP contribution in [0.4, 0.5) is 0 Å². The topological polar surface area (TPSA) is 55.5 Å². The zero-order valence-corrected chi connectivity index (χ0v) is 13.9. The number of nitrogens with zero attached hydrogens (tertiary/aromatic N) is 5. The standard InChI is InChI=1S/C17H23N5O/c1-13(2)22-12-18-19-17(22)11-21(3)10-15-9-16(20-23-15)14-7-5-4-6-8-14/h4-8,12-13,15H,9-11H2,1-3H3/t15-/m1/s1. The van der Waals surface area contributed by atoms with E-state index in [-0.39, 0.29) is 6.10 Å². The number of likely N-dealkylation sites (N-methyl/N-ethyl adjacent to an activating group) is 1. The number of hydrogen-bond donors (Lipinski definition) is 0. The van der Waals surface area contributed by atoms with Crippen LogP contribution in [0.15, 0.2) is 41.8 Å². The second-order valence-electron chi connectivity index (χ2n) is 6.28. The van der Waals surface area contributed by atoms with Crippen molar-refractivity contribution in [1.82, 2.24) is 19.7 Å². The highest BCUT2D eigenvalue weighted by atomic mass is 16.6. The molecule has 1 atom stereocenters. The molecule has 3 rings (SSSR count). The van der Waals surface area contributed by atoms with Crippen molar-refractivity contribution in [3.63, 3.8) is 0 Å². The fourth-order valence-electron chi connectivity index (χ4n) is 2.79. The van der Waals surface area contributed by atoms with Crippen LogP contribution >= 0.6 is 0 Å². The molecule has 1 aromatic heterocycles. The zero-order valence-electron chi connectivity index (χ0n) is 13.9. The average Bonchev–Trinajstić information content (AvgIpc) is 3.17. The second-order valence-corrected chi connectivity index (χ2v) is 6.28. The molecule has 0 fully saturated rings. The average molecular weight is 313 g/mol. The predicted octanol–water partition coefficient (Wildman–Crippen LogP) is 2.48. The van der Waals surface area contributed by atoms with Gasteiger partial charge in [-0.05, 0) is 26.5 Å². The van der Waals surface area contributed by atoms with E-state index < -0.39 is 0 Å². The van der Waals surface area contributed by atoms with Crippen LogP contribution in [0.5, 0.6) is 0 Å². The van der Waals surface area contributed by atoms with Gasteiger partial charge < -0.3 is 9.40 Å². The fraction of sp³-hybridized carbons (Fsp3) is 0.471. The smallest absolute Gasteiger partial charge is 0.147 e. The molecule has 2 aromatic rings. The van der Waals surface area contributed by atoms with Gasteiger partial charge in [-0.1, -0.05) is 35.5 Å². The Morgan fingerprint density at radius 3 is 2.83 bits per heavy atom. The van der Waals surface area contributed by atoms with Crippen molar-refractivity contribution in [2.75, 3.05) is 13.6 Å². The molecule has 1 aliphatic heterocycles. The molecule has 0 amide bonds. The van der Waals surface area contributed by atoms with Gasteiger partial charge in [0, 0.05) is 19.0 Å². The van der Waals surface area contributed by atoms with E-state index in [1.54, 1.807) is 6.33 Å². The molecular formula is C17H23N5O. The van der Waals surface area contributed by atoms with Crippen LogP contribution in [0.1, 0.15) is 37.7 Å². The highest BCUT2D eigenvalue weighted by Gasteiger charge is 2.24. The third-order valence-electron chi connectivity index (χ3n) is 3.97. The van der Waals surface area contributed by atoms with E-state index in [1.165, 1.54) is 0 Å². The largest absolute Gasteiger partial charge is 0.390 e. The Labute approximate surface area is 136 Å². The number of aromatic nitrogens is 3. The van der Waals surface area contributed by atoms with E-state index >= 15 is 0 Å². The zero-order chi connectivity index (χ0) is 16.2. The van der Waals surface area contributed by atoms with Crippen molar-refractivity contribution in [3.8, 4) is 0 Å². The van der Waals surface area contributed by atoms with Crippen molar-refractivity contribution in [2.45, 2.75) is 39.0 Å². The number of benzene rings is 1. The van der Waals surface area contributed by atoms with Crippen molar-refractivity contribution in [1.29, 1.82) is 0 Å². The summed E-state index contributed by atoms with van der Waals surface area (Å²) in [4.78, 5) is 7.80. The Morgan fingerprint density at radius 2 is 2.09 bits per heavy atom. The molecule has 0 N–H and O–H groups in total. The first-order chi connectivity index (χ1) is 11.1. The fourth-order valence-corrected chi connectivity index (χ4v) is 2.79. The number of hydrogen-bond acceptors (Lipinski definition) is 5. The van der Waals surface area contributed by atoms with Gasteiger partial charge in [0.05, 0.1) is 12.3 Å². The lowest BCUT2D eigenvalue weighted by molar-refractivity contribution is 0.0567. The molecule has 2 heterocycles. The molecule has 122 valence electrons. The highest BCUT2D eigenvalue weighted by molar-refractivity contribution is 6.01. The lowest BCUT2D eigenvalue weighted by Gasteiger charge is -2.20. The molecule has 0 radical (unpaired) electrons. The minimum atomic E-state index is 0.0885. The molecule has 0 saturated heterocycles. The Kier molecular flexibility index (Phi) is 4.71. The molecule has 0 bridgehead atoms. The molecule has 23 heavy (non-hydrogen) atoms. The van der Waals surface area contributed by atoms with Crippen LogP contribution in [0, 0.1) is 0 Å². The lowest BCUT2D eigenvalue weighted by atomic mass is 10.1. The first-order valence-electron chi connectivity index (χ1n) is 7.98. The Hall–Kier alpha value is -2.21. The van der Waals surface area contributed by atoms with Gasteiger partial charge >= 0.3 is 0 Å². The predicted molar refractivity (Wildman–Crippen MR) is 89.2 cm³/mol. The van der Waals surface area contributed by atoms with E-state index in [0.717, 1.165) is 36.6 Å². The Morgan fingerprint density at radius 1 is 1.30 bits per heavy atom. The summed E-state index contributed by atoms with van der Waals surface area (Å²) in [6, 6.07) is 10.6. The van der Waals surface area contributed by atoms with Crippen LogP contribution in [0.3, 0.4) is 0 Å². The van der Waals surface area contributed by atoms with Crippen molar-refractivity contribution < 1.29 is 4.84 Å². The van der Waals surface area contributed by atoms with Gasteiger partial charge in [0.15, 0.2) is 0 Å². The van der Waals surface area contributed by atoms with Gasteiger partial charge in [0.25, 0.3) is 0 Å². The summed E-state index contributed by atoms with van der Waals surface area (Å²) in [7, 11) is 2.07. The molecule has 0 aliphatic carbocycles. The molecule has 0 unspecified atom stereocenters. The van der Waals surface area contributed by atoms with Crippen molar-refractivity contribution in [3.05, 3.63) is 48.0 Å². The lowest BCUT2D eigenvalue weighted by Crippen LogP contribution is -2.30. The summed E-state index contributed by atoms with van der Waals surface area (Å²) in [5.74, 6) is 0.977. The summed E-state index contributed by atoms with van der Waals surface area (Å²) >= 11 is 0. The SMILES string of the molecule is CC(C)n1cnnc1CN(C)C[C@H]1CC(c2ccccc2)=NO1. The third kappa shape index (κ3) is 3.76. The van der Waals surface area contributed by atoms with E-state index in [0.29, 0.717) is 6.04 Å². The quantitative estimate of drug-likeness (QED) is 0.822. The van der Waals surface area contributed by atoms with E-state index in [4.69, 9.17) is 4.84 Å². The van der Waals surface area contributed by atoms with Crippen molar-refractivity contribution in [2.24, 2.45) is 5.16 Å². The van der Waals surface area contributed by atoms with E-state index in [2.05, 4.69) is 57.8 Å². The van der Waals surface area contributed by atoms with Gasteiger partial charge in [-0.15, -0.1) is 10.2 Å². The van der Waals surface area contributed by atoms with Gasteiger partial charge in [0.2, 0.25) is 0 Å². The normalized spacial score (nSPS) is 17.6.